The van der Waals surface area contributed by atoms with Crippen molar-refractivity contribution in [2.75, 3.05) is 13.2 Å². The largest absolute Gasteiger partial charge is 0.478 e. The second-order valence-electron chi connectivity index (χ2n) is 3.18. The number of ether oxygens (including phenoxy) is 1. The Kier molecular flexibility index (Phi) is 5.00. The van der Waals surface area contributed by atoms with Gasteiger partial charge < -0.3 is 9.84 Å². The average Bonchev–Trinajstić information content (AvgIpc) is 2.21. The van der Waals surface area contributed by atoms with Crippen LogP contribution in [0.3, 0.4) is 0 Å². The van der Waals surface area contributed by atoms with E-state index in [9.17, 15) is 0 Å². The van der Waals surface area contributed by atoms with Crippen molar-refractivity contribution in [3.05, 3.63) is 23.9 Å². The van der Waals surface area contributed by atoms with Crippen LogP contribution >= 0.6 is 0 Å². The van der Waals surface area contributed by atoms with Gasteiger partial charge in [0.25, 0.3) is 0 Å². The van der Waals surface area contributed by atoms with Crippen molar-refractivity contribution in [3.8, 4) is 5.88 Å². The van der Waals surface area contributed by atoms with Crippen LogP contribution in [0.15, 0.2) is 18.3 Å². The van der Waals surface area contributed by atoms with Gasteiger partial charge in [-0.25, -0.2) is 4.98 Å². The van der Waals surface area contributed by atoms with Crippen LogP contribution in [-0.2, 0) is 6.42 Å². The molecule has 0 aliphatic carbocycles. The summed E-state index contributed by atoms with van der Waals surface area (Å²) in [6, 6.07) is 3.78. The summed E-state index contributed by atoms with van der Waals surface area (Å²) in [6.45, 7) is 3.02. The molecule has 1 N–H and O–H groups in total. The molecule has 3 nitrogen and oxygen atoms in total. The number of aliphatic hydroxyl groups excluding tert-OH is 1. The van der Waals surface area contributed by atoms with Crippen LogP contribution < -0.4 is 4.74 Å². The molecule has 0 aliphatic heterocycles. The zero-order valence-electron chi connectivity index (χ0n) is 8.57. The van der Waals surface area contributed by atoms with Gasteiger partial charge in [-0.15, -0.1) is 0 Å². The molecule has 0 fully saturated rings. The number of hydrogen-bond donors (Lipinski definition) is 1. The zero-order chi connectivity index (χ0) is 10.2. The van der Waals surface area contributed by atoms with Gasteiger partial charge in [0, 0.05) is 18.9 Å². The summed E-state index contributed by atoms with van der Waals surface area (Å²) in [5.41, 5.74) is 1.04. The van der Waals surface area contributed by atoms with Gasteiger partial charge in [0.2, 0.25) is 5.88 Å². The van der Waals surface area contributed by atoms with Crippen LogP contribution in [0.1, 0.15) is 25.3 Å². The number of hydrogen-bond acceptors (Lipinski definition) is 3. The highest BCUT2D eigenvalue weighted by molar-refractivity contribution is 5.17. The molecule has 1 heterocycles. The predicted molar refractivity (Wildman–Crippen MR) is 55.4 cm³/mol. The smallest absolute Gasteiger partial charge is 0.213 e. The lowest BCUT2D eigenvalue weighted by Gasteiger charge is -2.04. The fourth-order valence-electron chi connectivity index (χ4n) is 1.09. The maximum absolute atomic E-state index is 8.70. The Morgan fingerprint density at radius 1 is 1.43 bits per heavy atom. The van der Waals surface area contributed by atoms with Crippen molar-refractivity contribution >= 4 is 0 Å². The second-order valence-corrected chi connectivity index (χ2v) is 3.18. The first-order chi connectivity index (χ1) is 6.86. The predicted octanol–water partition coefficient (Wildman–Crippen LogP) is 1.80. The SMILES string of the molecule is CCCCOc1ccc(CCO)cn1. The van der Waals surface area contributed by atoms with E-state index in [1.165, 1.54) is 0 Å². The van der Waals surface area contributed by atoms with Gasteiger partial charge >= 0.3 is 0 Å². The topological polar surface area (TPSA) is 42.4 Å². The summed E-state index contributed by atoms with van der Waals surface area (Å²) in [7, 11) is 0. The lowest BCUT2D eigenvalue weighted by atomic mass is 10.2. The fraction of sp³-hybridized carbons (Fsp3) is 0.545. The molecule has 0 atom stereocenters. The summed E-state index contributed by atoms with van der Waals surface area (Å²) in [5, 5.41) is 8.70. The zero-order valence-corrected chi connectivity index (χ0v) is 8.57. The van der Waals surface area contributed by atoms with Crippen molar-refractivity contribution in [1.29, 1.82) is 0 Å². The van der Waals surface area contributed by atoms with Crippen LogP contribution in [0, 0.1) is 0 Å². The van der Waals surface area contributed by atoms with Gasteiger partial charge in [-0.1, -0.05) is 19.4 Å². The monoisotopic (exact) mass is 195 g/mol. The van der Waals surface area contributed by atoms with Crippen molar-refractivity contribution in [3.63, 3.8) is 0 Å². The molecule has 0 bridgehead atoms. The number of aromatic nitrogens is 1. The van der Waals surface area contributed by atoms with Crippen molar-refractivity contribution < 1.29 is 9.84 Å². The Bertz CT molecular complexity index is 246. The third kappa shape index (κ3) is 3.75. The van der Waals surface area contributed by atoms with Gasteiger partial charge in [0.1, 0.15) is 0 Å². The van der Waals surface area contributed by atoms with Crippen LogP contribution in [0.2, 0.25) is 0 Å². The van der Waals surface area contributed by atoms with Crippen molar-refractivity contribution in [2.45, 2.75) is 26.2 Å². The summed E-state index contributed by atoms with van der Waals surface area (Å²) in [6.07, 6.45) is 4.59. The minimum Gasteiger partial charge on any atom is -0.478 e. The van der Waals surface area contributed by atoms with E-state index in [0.29, 0.717) is 12.3 Å². The van der Waals surface area contributed by atoms with E-state index in [0.717, 1.165) is 25.0 Å². The van der Waals surface area contributed by atoms with Crippen LogP contribution in [-0.4, -0.2) is 23.3 Å². The lowest BCUT2D eigenvalue weighted by Crippen LogP contribution is -1.99. The summed E-state index contributed by atoms with van der Waals surface area (Å²) in [5.74, 6) is 0.667. The first-order valence-electron chi connectivity index (χ1n) is 5.05. The molecule has 0 spiro atoms. The molecule has 0 amide bonds. The highest BCUT2D eigenvalue weighted by Gasteiger charge is 1.96. The number of aliphatic hydroxyl groups is 1. The van der Waals surface area contributed by atoms with E-state index in [1.807, 2.05) is 12.1 Å². The third-order valence-electron chi connectivity index (χ3n) is 1.95. The normalized spacial score (nSPS) is 10.1. The maximum atomic E-state index is 8.70. The van der Waals surface area contributed by atoms with E-state index in [4.69, 9.17) is 9.84 Å². The van der Waals surface area contributed by atoms with E-state index >= 15 is 0 Å². The Hall–Kier alpha value is -1.09. The molecule has 1 aromatic heterocycles. The van der Waals surface area contributed by atoms with Gasteiger partial charge in [-0.05, 0) is 18.4 Å². The highest BCUT2D eigenvalue weighted by Crippen LogP contribution is 2.08. The molecular formula is C11H17NO2. The van der Waals surface area contributed by atoms with Gasteiger partial charge in [0.05, 0.1) is 6.61 Å². The fourth-order valence-corrected chi connectivity index (χ4v) is 1.09. The average molecular weight is 195 g/mol. The molecule has 0 aliphatic rings. The van der Waals surface area contributed by atoms with Gasteiger partial charge in [0.15, 0.2) is 0 Å². The first-order valence-corrected chi connectivity index (χ1v) is 5.05. The number of nitrogens with zero attached hydrogens (tertiary/aromatic N) is 1. The molecule has 0 saturated carbocycles. The van der Waals surface area contributed by atoms with Gasteiger partial charge in [-0.3, -0.25) is 0 Å². The van der Waals surface area contributed by atoms with Crippen LogP contribution in [0.4, 0.5) is 0 Å². The van der Waals surface area contributed by atoms with E-state index in [1.54, 1.807) is 6.20 Å². The molecule has 0 radical (unpaired) electrons. The molecule has 3 heteroatoms. The maximum Gasteiger partial charge on any atom is 0.213 e. The quantitative estimate of drug-likeness (QED) is 0.704. The number of unbranched alkanes of at least 4 members (excludes halogenated alkanes) is 1. The Labute approximate surface area is 84.7 Å². The minimum absolute atomic E-state index is 0.164. The standard InChI is InChI=1S/C11H17NO2/c1-2-3-8-14-11-5-4-10(6-7-13)9-12-11/h4-5,9,13H,2-3,6-8H2,1H3. The molecule has 0 unspecified atom stereocenters. The van der Waals surface area contributed by atoms with E-state index < -0.39 is 0 Å². The summed E-state index contributed by atoms with van der Waals surface area (Å²) in [4.78, 5) is 4.14. The molecule has 14 heavy (non-hydrogen) atoms. The number of rotatable bonds is 6. The highest BCUT2D eigenvalue weighted by atomic mass is 16.5. The third-order valence-corrected chi connectivity index (χ3v) is 1.95. The molecule has 1 rings (SSSR count). The van der Waals surface area contributed by atoms with Crippen molar-refractivity contribution in [2.24, 2.45) is 0 Å². The molecular weight excluding hydrogens is 178 g/mol. The minimum atomic E-state index is 0.164. The Morgan fingerprint density at radius 2 is 2.29 bits per heavy atom. The van der Waals surface area contributed by atoms with Gasteiger partial charge in [-0.2, -0.15) is 0 Å². The molecule has 0 aromatic carbocycles. The first kappa shape index (κ1) is 11.0. The molecule has 78 valence electrons. The Morgan fingerprint density at radius 3 is 2.86 bits per heavy atom. The number of pyridine rings is 1. The Balaban J connectivity index is 2.38. The van der Waals surface area contributed by atoms with E-state index in [2.05, 4.69) is 11.9 Å². The summed E-state index contributed by atoms with van der Waals surface area (Å²) >= 11 is 0. The second kappa shape index (κ2) is 6.38. The lowest BCUT2D eigenvalue weighted by molar-refractivity contribution is 0.294. The van der Waals surface area contributed by atoms with E-state index in [-0.39, 0.29) is 6.61 Å². The summed E-state index contributed by atoms with van der Waals surface area (Å²) < 4.78 is 5.41. The van der Waals surface area contributed by atoms with Crippen LogP contribution in [0.5, 0.6) is 5.88 Å². The molecule has 1 aromatic rings. The van der Waals surface area contributed by atoms with Crippen molar-refractivity contribution in [1.82, 2.24) is 4.98 Å². The van der Waals surface area contributed by atoms with Crippen LogP contribution in [0.25, 0.3) is 0 Å². The molecule has 0 saturated heterocycles.